The van der Waals surface area contributed by atoms with E-state index in [-0.39, 0.29) is 11.8 Å². The number of nitrogens with zero attached hydrogens (tertiary/aromatic N) is 6. The van der Waals surface area contributed by atoms with Gasteiger partial charge in [0.25, 0.3) is 5.91 Å². The molecule has 1 aromatic carbocycles. The van der Waals surface area contributed by atoms with Crippen molar-refractivity contribution in [1.29, 1.82) is 0 Å². The third-order valence-electron chi connectivity index (χ3n) is 4.38. The topological polar surface area (TPSA) is 76.8 Å². The maximum absolute atomic E-state index is 12.3. The summed E-state index contributed by atoms with van der Waals surface area (Å²) in [6.45, 7) is 3.15. The summed E-state index contributed by atoms with van der Waals surface area (Å²) in [7, 11) is 0. The second kappa shape index (κ2) is 6.25. The molecule has 7 nitrogen and oxygen atoms in total. The summed E-state index contributed by atoms with van der Waals surface area (Å²) in [5.41, 5.74) is 3.08. The number of rotatable bonds is 3. The van der Waals surface area contributed by atoms with E-state index in [2.05, 4.69) is 20.5 Å². The van der Waals surface area contributed by atoms with Gasteiger partial charge in [0, 0.05) is 30.2 Å². The number of aromatic nitrogens is 5. The van der Waals surface area contributed by atoms with Crippen molar-refractivity contribution in [1.82, 2.24) is 30.1 Å². The number of halogens is 1. The molecule has 1 amide bonds. The summed E-state index contributed by atoms with van der Waals surface area (Å²) in [6, 6.07) is 9.05. The summed E-state index contributed by atoms with van der Waals surface area (Å²) in [5, 5.41) is 16.7. The normalized spacial score (nSPS) is 14.4. The van der Waals surface area contributed by atoms with Crippen molar-refractivity contribution in [3.63, 3.8) is 0 Å². The van der Waals surface area contributed by atoms with Crippen LogP contribution in [0, 0.1) is 6.92 Å². The highest BCUT2D eigenvalue weighted by molar-refractivity contribution is 6.31. The molecular formula is C17H15ClN6O. The van der Waals surface area contributed by atoms with Gasteiger partial charge < -0.3 is 4.90 Å². The van der Waals surface area contributed by atoms with Gasteiger partial charge >= 0.3 is 0 Å². The van der Waals surface area contributed by atoms with E-state index >= 15 is 0 Å². The van der Waals surface area contributed by atoms with Crippen molar-refractivity contribution in [2.45, 2.75) is 12.8 Å². The fourth-order valence-electron chi connectivity index (χ4n) is 2.83. The highest BCUT2D eigenvalue weighted by Crippen LogP contribution is 2.28. The van der Waals surface area contributed by atoms with Crippen molar-refractivity contribution in [2.75, 3.05) is 13.1 Å². The van der Waals surface area contributed by atoms with E-state index in [9.17, 15) is 4.79 Å². The average Bonchev–Trinajstić information content (AvgIpc) is 3.06. The molecule has 1 saturated heterocycles. The van der Waals surface area contributed by atoms with E-state index in [4.69, 9.17) is 11.6 Å². The fraction of sp³-hybridized carbons (Fsp3) is 0.235. The van der Waals surface area contributed by atoms with Gasteiger partial charge in [0.1, 0.15) is 0 Å². The van der Waals surface area contributed by atoms with Crippen molar-refractivity contribution in [3.05, 3.63) is 64.7 Å². The molecule has 0 N–H and O–H groups in total. The molecule has 0 spiro atoms. The van der Waals surface area contributed by atoms with Crippen LogP contribution in [0.1, 0.15) is 27.7 Å². The lowest BCUT2D eigenvalue weighted by Gasteiger charge is -2.37. The highest BCUT2D eigenvalue weighted by Gasteiger charge is 2.34. The van der Waals surface area contributed by atoms with Crippen LogP contribution >= 0.6 is 11.6 Å². The molecule has 0 saturated carbocycles. The first-order valence-electron chi connectivity index (χ1n) is 7.88. The van der Waals surface area contributed by atoms with Crippen LogP contribution in [0.15, 0.2) is 42.7 Å². The average molecular weight is 355 g/mol. The first-order valence-corrected chi connectivity index (χ1v) is 8.26. The maximum atomic E-state index is 12.3. The zero-order chi connectivity index (χ0) is 17.4. The van der Waals surface area contributed by atoms with Crippen LogP contribution in [-0.2, 0) is 0 Å². The Morgan fingerprint density at radius 2 is 2.04 bits per heavy atom. The number of amides is 1. The molecule has 8 heteroatoms. The SMILES string of the molecule is Cc1c(Cl)cccc1-n1cc(C2CN(C(=O)c3cccnn3)C2)nn1. The van der Waals surface area contributed by atoms with E-state index in [1.165, 1.54) is 0 Å². The number of carbonyl (C=O) groups excluding carboxylic acids is 1. The minimum atomic E-state index is -0.109. The van der Waals surface area contributed by atoms with Crippen LogP contribution in [0.3, 0.4) is 0 Å². The van der Waals surface area contributed by atoms with Crippen molar-refractivity contribution >= 4 is 17.5 Å². The molecule has 126 valence electrons. The lowest BCUT2D eigenvalue weighted by molar-refractivity contribution is 0.0591. The van der Waals surface area contributed by atoms with Gasteiger partial charge in [0.2, 0.25) is 0 Å². The van der Waals surface area contributed by atoms with Gasteiger partial charge in [-0.1, -0.05) is 22.9 Å². The van der Waals surface area contributed by atoms with Gasteiger partial charge in [-0.2, -0.15) is 5.10 Å². The molecule has 0 bridgehead atoms. The van der Waals surface area contributed by atoms with Crippen molar-refractivity contribution in [2.24, 2.45) is 0 Å². The maximum Gasteiger partial charge on any atom is 0.274 e. The molecule has 3 aromatic rings. The van der Waals surface area contributed by atoms with Gasteiger partial charge in [-0.3, -0.25) is 4.79 Å². The van der Waals surface area contributed by atoms with Crippen LogP contribution in [-0.4, -0.2) is 49.1 Å². The number of benzene rings is 1. The molecule has 2 aromatic heterocycles. The number of hydrogen-bond donors (Lipinski definition) is 0. The summed E-state index contributed by atoms with van der Waals surface area (Å²) in [5.74, 6) is 0.0660. The molecule has 0 radical (unpaired) electrons. The Morgan fingerprint density at radius 1 is 1.20 bits per heavy atom. The molecule has 0 unspecified atom stereocenters. The van der Waals surface area contributed by atoms with Gasteiger partial charge in [0.15, 0.2) is 5.69 Å². The minimum Gasteiger partial charge on any atom is -0.336 e. The standard InChI is InChI=1S/C17H15ClN6O/c1-11-13(18)4-2-6-16(11)24-10-15(21-22-24)12-8-23(9-12)17(25)14-5-3-7-19-20-14/h2-7,10,12H,8-9H2,1H3. The Balaban J connectivity index is 1.46. The quantitative estimate of drug-likeness (QED) is 0.721. The summed E-state index contributed by atoms with van der Waals surface area (Å²) in [6.07, 6.45) is 3.44. The third kappa shape index (κ3) is 2.87. The molecule has 1 aliphatic heterocycles. The van der Waals surface area contributed by atoms with Crippen LogP contribution in [0.5, 0.6) is 0 Å². The number of carbonyl (C=O) groups is 1. The molecule has 0 aliphatic carbocycles. The van der Waals surface area contributed by atoms with Gasteiger partial charge in [-0.25, -0.2) is 4.68 Å². The Hall–Kier alpha value is -2.80. The minimum absolute atomic E-state index is 0.109. The first kappa shape index (κ1) is 15.7. The number of likely N-dealkylation sites (tertiary alicyclic amines) is 1. The Labute approximate surface area is 149 Å². The Bertz CT molecular complexity index is 920. The summed E-state index contributed by atoms with van der Waals surface area (Å²) in [4.78, 5) is 14.0. The van der Waals surface area contributed by atoms with E-state index in [1.54, 1.807) is 27.9 Å². The Morgan fingerprint density at radius 3 is 2.80 bits per heavy atom. The van der Waals surface area contributed by atoms with E-state index in [0.717, 1.165) is 16.9 Å². The summed E-state index contributed by atoms with van der Waals surface area (Å²) >= 11 is 6.17. The van der Waals surface area contributed by atoms with Crippen LogP contribution in [0.2, 0.25) is 5.02 Å². The second-order valence-corrected chi connectivity index (χ2v) is 6.40. The number of hydrogen-bond acceptors (Lipinski definition) is 5. The molecule has 4 rings (SSSR count). The van der Waals surface area contributed by atoms with Gasteiger partial charge in [-0.05, 0) is 36.8 Å². The predicted octanol–water partition coefficient (Wildman–Crippen LogP) is 2.26. The third-order valence-corrected chi connectivity index (χ3v) is 4.78. The van der Waals surface area contributed by atoms with Crippen molar-refractivity contribution < 1.29 is 4.79 Å². The Kier molecular flexibility index (Phi) is 3.93. The van der Waals surface area contributed by atoms with Gasteiger partial charge in [-0.15, -0.1) is 10.2 Å². The first-order chi connectivity index (χ1) is 12.1. The molecule has 1 aliphatic rings. The van der Waals surface area contributed by atoms with E-state index in [1.807, 2.05) is 31.3 Å². The molecular weight excluding hydrogens is 340 g/mol. The second-order valence-electron chi connectivity index (χ2n) is 5.99. The van der Waals surface area contributed by atoms with E-state index in [0.29, 0.717) is 23.8 Å². The molecule has 3 heterocycles. The molecule has 25 heavy (non-hydrogen) atoms. The zero-order valence-electron chi connectivity index (χ0n) is 13.5. The highest BCUT2D eigenvalue weighted by atomic mass is 35.5. The van der Waals surface area contributed by atoms with Crippen molar-refractivity contribution in [3.8, 4) is 5.69 Å². The molecule has 0 atom stereocenters. The van der Waals surface area contributed by atoms with E-state index < -0.39 is 0 Å². The van der Waals surface area contributed by atoms with Crippen LogP contribution < -0.4 is 0 Å². The predicted molar refractivity (Wildman–Crippen MR) is 91.8 cm³/mol. The van der Waals surface area contributed by atoms with Gasteiger partial charge in [0.05, 0.1) is 17.6 Å². The lowest BCUT2D eigenvalue weighted by atomic mass is 9.96. The smallest absolute Gasteiger partial charge is 0.274 e. The molecule has 1 fully saturated rings. The van der Waals surface area contributed by atoms with Crippen LogP contribution in [0.25, 0.3) is 5.69 Å². The largest absolute Gasteiger partial charge is 0.336 e. The zero-order valence-corrected chi connectivity index (χ0v) is 14.3. The van der Waals surface area contributed by atoms with Crippen LogP contribution in [0.4, 0.5) is 0 Å². The lowest BCUT2D eigenvalue weighted by Crippen LogP contribution is -2.48. The summed E-state index contributed by atoms with van der Waals surface area (Å²) < 4.78 is 1.73. The fourth-order valence-corrected chi connectivity index (χ4v) is 3.00. The monoisotopic (exact) mass is 354 g/mol.